The van der Waals surface area contributed by atoms with Crippen LogP contribution in [-0.2, 0) is 0 Å². The minimum absolute atomic E-state index is 0.316. The lowest BCUT2D eigenvalue weighted by Gasteiger charge is -2.29. The number of fused-ring (bicyclic) bond motifs is 1. The predicted octanol–water partition coefficient (Wildman–Crippen LogP) is 2.35. The van der Waals surface area contributed by atoms with Crippen LogP contribution in [0.2, 0.25) is 0 Å². The third-order valence-electron chi connectivity index (χ3n) is 4.91. The van der Waals surface area contributed by atoms with E-state index in [-0.39, 0.29) is 0 Å². The lowest BCUT2D eigenvalue weighted by atomic mass is 10.1. The Morgan fingerprint density at radius 1 is 1.16 bits per heavy atom. The third-order valence-corrected chi connectivity index (χ3v) is 4.91. The monoisotopic (exact) mass is 338 g/mol. The Morgan fingerprint density at radius 2 is 1.92 bits per heavy atom. The van der Waals surface area contributed by atoms with E-state index in [4.69, 9.17) is 15.6 Å². The molecule has 4 rings (SSSR count). The minimum Gasteiger partial charge on any atom is -0.496 e. The summed E-state index contributed by atoms with van der Waals surface area (Å²) in [6, 6.07) is 8.15. The molecular formula is C18H22N6O. The van der Waals surface area contributed by atoms with E-state index in [9.17, 15) is 0 Å². The number of anilines is 1. The molecule has 3 aromatic rings. The first kappa shape index (κ1) is 15.8. The molecule has 25 heavy (non-hydrogen) atoms. The van der Waals surface area contributed by atoms with Gasteiger partial charge in [-0.1, -0.05) is 12.1 Å². The van der Waals surface area contributed by atoms with E-state index >= 15 is 0 Å². The zero-order valence-corrected chi connectivity index (χ0v) is 14.5. The first-order valence-corrected chi connectivity index (χ1v) is 8.49. The number of hydrogen-bond donors (Lipinski definition) is 1. The van der Waals surface area contributed by atoms with Crippen LogP contribution in [0.3, 0.4) is 0 Å². The molecule has 0 saturated carbocycles. The normalized spacial score (nSPS) is 16.4. The van der Waals surface area contributed by atoms with Crippen LogP contribution in [-0.4, -0.2) is 51.9 Å². The van der Waals surface area contributed by atoms with Crippen molar-refractivity contribution in [2.45, 2.75) is 18.9 Å². The lowest BCUT2D eigenvalue weighted by molar-refractivity contribution is 0.215. The number of aromatic nitrogens is 4. The second-order valence-electron chi connectivity index (χ2n) is 6.49. The van der Waals surface area contributed by atoms with Crippen molar-refractivity contribution in [3.63, 3.8) is 0 Å². The van der Waals surface area contributed by atoms with Gasteiger partial charge in [-0.05, 0) is 45.1 Å². The minimum atomic E-state index is 0.316. The van der Waals surface area contributed by atoms with Crippen LogP contribution < -0.4 is 10.5 Å². The number of nitrogens with two attached hydrogens (primary N) is 1. The van der Waals surface area contributed by atoms with Gasteiger partial charge in [0, 0.05) is 5.56 Å². The molecule has 0 atom stereocenters. The molecule has 7 heteroatoms. The maximum Gasteiger partial charge on any atom is 0.164 e. The van der Waals surface area contributed by atoms with Crippen molar-refractivity contribution in [1.82, 2.24) is 24.6 Å². The first-order valence-electron chi connectivity index (χ1n) is 8.49. The van der Waals surface area contributed by atoms with Crippen LogP contribution in [0.1, 0.15) is 18.9 Å². The van der Waals surface area contributed by atoms with Gasteiger partial charge < -0.3 is 15.4 Å². The Kier molecular flexibility index (Phi) is 4.01. The van der Waals surface area contributed by atoms with Gasteiger partial charge in [0.1, 0.15) is 23.6 Å². The Morgan fingerprint density at radius 3 is 2.68 bits per heavy atom. The van der Waals surface area contributed by atoms with Crippen molar-refractivity contribution < 1.29 is 4.74 Å². The summed E-state index contributed by atoms with van der Waals surface area (Å²) in [5, 5.41) is 5.71. The van der Waals surface area contributed by atoms with Crippen LogP contribution in [0, 0.1) is 0 Å². The van der Waals surface area contributed by atoms with Crippen LogP contribution in [0.5, 0.6) is 5.75 Å². The Labute approximate surface area is 146 Å². The van der Waals surface area contributed by atoms with E-state index in [2.05, 4.69) is 21.9 Å². The zero-order chi connectivity index (χ0) is 17.4. The molecule has 1 aromatic carbocycles. The smallest absolute Gasteiger partial charge is 0.164 e. The van der Waals surface area contributed by atoms with Crippen molar-refractivity contribution in [3.8, 4) is 17.0 Å². The molecular weight excluding hydrogens is 316 g/mol. The maximum atomic E-state index is 6.20. The quantitative estimate of drug-likeness (QED) is 0.789. The summed E-state index contributed by atoms with van der Waals surface area (Å²) in [6.07, 6.45) is 3.60. The van der Waals surface area contributed by atoms with E-state index in [0.29, 0.717) is 11.9 Å². The van der Waals surface area contributed by atoms with Gasteiger partial charge in [0.05, 0.1) is 18.5 Å². The fourth-order valence-electron chi connectivity index (χ4n) is 3.52. The Hall–Kier alpha value is -2.67. The SMILES string of the molecule is COc1ccccc1-c1nn(C2CCN(C)CC2)c2ncnc(N)c12. The Bertz CT molecular complexity index is 898. The lowest BCUT2D eigenvalue weighted by Crippen LogP contribution is -2.31. The second-order valence-corrected chi connectivity index (χ2v) is 6.49. The highest BCUT2D eigenvalue weighted by molar-refractivity contribution is 5.99. The topological polar surface area (TPSA) is 82.1 Å². The number of ether oxygens (including phenoxy) is 1. The number of para-hydroxylation sites is 1. The van der Waals surface area contributed by atoms with Gasteiger partial charge in [-0.3, -0.25) is 0 Å². The number of piperidine rings is 1. The van der Waals surface area contributed by atoms with Crippen LogP contribution >= 0.6 is 0 Å². The van der Waals surface area contributed by atoms with Crippen molar-refractivity contribution in [2.24, 2.45) is 0 Å². The van der Waals surface area contributed by atoms with Gasteiger partial charge in [-0.25, -0.2) is 14.6 Å². The number of hydrogen-bond acceptors (Lipinski definition) is 6. The summed E-state index contributed by atoms with van der Waals surface area (Å²) in [5.74, 6) is 1.21. The number of methoxy groups -OCH3 is 1. The molecule has 0 bridgehead atoms. The fourth-order valence-corrected chi connectivity index (χ4v) is 3.52. The average Bonchev–Trinajstić information content (AvgIpc) is 3.03. The van der Waals surface area contributed by atoms with Crippen molar-refractivity contribution >= 4 is 16.9 Å². The van der Waals surface area contributed by atoms with Crippen molar-refractivity contribution in [1.29, 1.82) is 0 Å². The van der Waals surface area contributed by atoms with E-state index in [1.807, 2.05) is 28.9 Å². The fraction of sp³-hybridized carbons (Fsp3) is 0.389. The molecule has 130 valence electrons. The molecule has 2 aromatic heterocycles. The summed E-state index contributed by atoms with van der Waals surface area (Å²) in [5.41, 5.74) is 8.68. The van der Waals surface area contributed by atoms with Crippen LogP contribution in [0.25, 0.3) is 22.3 Å². The summed E-state index contributed by atoms with van der Waals surface area (Å²) >= 11 is 0. The largest absolute Gasteiger partial charge is 0.496 e. The Balaban J connectivity index is 1.90. The van der Waals surface area contributed by atoms with Gasteiger partial charge in [-0.2, -0.15) is 5.10 Å². The average molecular weight is 338 g/mol. The van der Waals surface area contributed by atoms with Gasteiger partial charge in [0.25, 0.3) is 0 Å². The van der Waals surface area contributed by atoms with Gasteiger partial charge in [0.2, 0.25) is 0 Å². The number of likely N-dealkylation sites (tertiary alicyclic amines) is 1. The molecule has 1 aliphatic heterocycles. The van der Waals surface area contributed by atoms with Crippen LogP contribution in [0.15, 0.2) is 30.6 Å². The molecule has 2 N–H and O–H groups in total. The molecule has 0 aliphatic carbocycles. The molecule has 7 nitrogen and oxygen atoms in total. The molecule has 0 spiro atoms. The standard InChI is InChI=1S/C18H22N6O/c1-23-9-7-12(8-10-23)24-18-15(17(19)20-11-21-18)16(22-24)13-5-3-4-6-14(13)25-2/h3-6,11-12H,7-10H2,1-2H3,(H2,19,20,21). The van der Waals surface area contributed by atoms with Gasteiger partial charge >= 0.3 is 0 Å². The predicted molar refractivity (Wildman–Crippen MR) is 97.5 cm³/mol. The van der Waals surface area contributed by atoms with Crippen molar-refractivity contribution in [3.05, 3.63) is 30.6 Å². The zero-order valence-electron chi connectivity index (χ0n) is 14.5. The van der Waals surface area contributed by atoms with Crippen molar-refractivity contribution in [2.75, 3.05) is 33.0 Å². The molecule has 0 amide bonds. The van der Waals surface area contributed by atoms with E-state index < -0.39 is 0 Å². The van der Waals surface area contributed by atoms with Crippen LogP contribution in [0.4, 0.5) is 5.82 Å². The number of benzene rings is 1. The number of rotatable bonds is 3. The van der Waals surface area contributed by atoms with E-state index in [1.165, 1.54) is 6.33 Å². The van der Waals surface area contributed by atoms with Gasteiger partial charge in [-0.15, -0.1) is 0 Å². The van der Waals surface area contributed by atoms with Gasteiger partial charge in [0.15, 0.2) is 5.65 Å². The number of nitrogens with zero attached hydrogens (tertiary/aromatic N) is 5. The third kappa shape index (κ3) is 2.70. The molecule has 1 saturated heterocycles. The summed E-state index contributed by atoms with van der Waals surface area (Å²) in [7, 11) is 3.81. The molecule has 3 heterocycles. The van der Waals surface area contributed by atoms with E-state index in [1.54, 1.807) is 7.11 Å². The summed E-state index contributed by atoms with van der Waals surface area (Å²) in [4.78, 5) is 11.0. The summed E-state index contributed by atoms with van der Waals surface area (Å²) < 4.78 is 7.55. The molecule has 1 fully saturated rings. The second kappa shape index (κ2) is 6.33. The highest BCUT2D eigenvalue weighted by atomic mass is 16.5. The maximum absolute atomic E-state index is 6.20. The molecule has 0 radical (unpaired) electrons. The highest BCUT2D eigenvalue weighted by Crippen LogP contribution is 2.37. The highest BCUT2D eigenvalue weighted by Gasteiger charge is 2.25. The first-order chi connectivity index (χ1) is 12.2. The van der Waals surface area contributed by atoms with E-state index in [0.717, 1.165) is 54.0 Å². The summed E-state index contributed by atoms with van der Waals surface area (Å²) in [6.45, 7) is 2.10. The molecule has 0 unspecified atom stereocenters. The number of nitrogen functional groups attached to an aromatic ring is 1. The molecule has 1 aliphatic rings.